The Morgan fingerprint density at radius 3 is 2.54 bits per heavy atom. The number of nitrogens with zero attached hydrogens (tertiary/aromatic N) is 2. The van der Waals surface area contributed by atoms with Gasteiger partial charge in [-0.2, -0.15) is 11.8 Å². The van der Waals surface area contributed by atoms with Gasteiger partial charge in [0.15, 0.2) is 0 Å². The van der Waals surface area contributed by atoms with Gasteiger partial charge in [0.05, 0.1) is 10.4 Å². The van der Waals surface area contributed by atoms with E-state index in [4.69, 9.17) is 17.6 Å². The Hall–Kier alpha value is -2.25. The lowest BCUT2D eigenvalue weighted by molar-refractivity contribution is -0.385. The Morgan fingerprint density at radius 1 is 1.21 bits per heavy atom. The van der Waals surface area contributed by atoms with Crippen molar-refractivity contribution in [2.45, 2.75) is 5.75 Å². The quantitative estimate of drug-likeness (QED) is 0.192. The fourth-order valence-corrected chi connectivity index (χ4v) is 3.28. The number of rotatable bonds is 8. The van der Waals surface area contributed by atoms with Gasteiger partial charge in [0.25, 0.3) is 5.69 Å². The van der Waals surface area contributed by atoms with Crippen LogP contribution in [0.4, 0.5) is 5.69 Å². The van der Waals surface area contributed by atoms with E-state index in [9.17, 15) is 10.1 Å². The molecule has 124 valence electrons. The van der Waals surface area contributed by atoms with Crippen LogP contribution in [0.1, 0.15) is 11.1 Å². The van der Waals surface area contributed by atoms with Crippen molar-refractivity contribution in [3.05, 3.63) is 75.8 Å². The van der Waals surface area contributed by atoms with Crippen molar-refractivity contribution in [1.82, 2.24) is 4.90 Å². The molecular weight excluding hydrogens is 342 g/mol. The van der Waals surface area contributed by atoms with Crippen molar-refractivity contribution in [3.8, 4) is 0 Å². The van der Waals surface area contributed by atoms with Crippen LogP contribution >= 0.6 is 24.0 Å². The van der Waals surface area contributed by atoms with Crippen LogP contribution in [0.25, 0.3) is 0 Å². The third-order valence-corrected chi connectivity index (χ3v) is 4.62. The lowest BCUT2D eigenvalue weighted by Crippen LogP contribution is -2.31. The number of nitrogens with one attached hydrogen (secondary N) is 1. The molecule has 2 aromatic rings. The highest BCUT2D eigenvalue weighted by molar-refractivity contribution is 7.98. The van der Waals surface area contributed by atoms with Gasteiger partial charge in [0.1, 0.15) is 5.84 Å². The van der Waals surface area contributed by atoms with Gasteiger partial charge in [-0.1, -0.05) is 60.7 Å². The molecular formula is C17H17N3O2S2. The topological polar surface area (TPSA) is 70.2 Å². The van der Waals surface area contributed by atoms with Crippen LogP contribution in [-0.4, -0.2) is 33.4 Å². The zero-order chi connectivity index (χ0) is 17.4. The van der Waals surface area contributed by atoms with Gasteiger partial charge in [-0.25, -0.2) is 0 Å². The molecule has 0 aliphatic carbocycles. The first kappa shape index (κ1) is 18.1. The average molecular weight is 359 g/mol. The number of benzene rings is 2. The number of nitro benzene ring substituents is 1. The molecule has 0 spiro atoms. The van der Waals surface area contributed by atoms with Crippen molar-refractivity contribution in [3.63, 3.8) is 0 Å². The fourth-order valence-electron chi connectivity index (χ4n) is 2.14. The zero-order valence-corrected chi connectivity index (χ0v) is 14.6. The summed E-state index contributed by atoms with van der Waals surface area (Å²) in [5.74, 6) is 1.63. The molecule has 0 atom stereocenters. The summed E-state index contributed by atoms with van der Waals surface area (Å²) >= 11 is 6.59. The first-order valence-electron chi connectivity index (χ1n) is 7.29. The predicted octanol–water partition coefficient (Wildman–Crippen LogP) is 4.11. The van der Waals surface area contributed by atoms with E-state index in [-0.39, 0.29) is 10.6 Å². The van der Waals surface area contributed by atoms with Gasteiger partial charge in [0, 0.05) is 35.2 Å². The van der Waals surface area contributed by atoms with E-state index < -0.39 is 0 Å². The van der Waals surface area contributed by atoms with Crippen LogP contribution in [-0.2, 0) is 5.75 Å². The van der Waals surface area contributed by atoms with Crippen molar-refractivity contribution >= 4 is 41.0 Å². The van der Waals surface area contributed by atoms with Gasteiger partial charge in [-0.15, -0.1) is 0 Å². The molecule has 0 saturated carbocycles. The highest BCUT2D eigenvalue weighted by Crippen LogP contribution is 2.22. The van der Waals surface area contributed by atoms with Crippen LogP contribution < -0.4 is 0 Å². The van der Waals surface area contributed by atoms with Crippen LogP contribution in [0.3, 0.4) is 0 Å². The number of para-hydroxylation sites is 1. The van der Waals surface area contributed by atoms with E-state index in [1.54, 1.807) is 34.9 Å². The van der Waals surface area contributed by atoms with Crippen LogP contribution in [0.15, 0.2) is 54.6 Å². The number of hydrogen-bond donors (Lipinski definition) is 1. The Bertz CT molecular complexity index is 723. The summed E-state index contributed by atoms with van der Waals surface area (Å²) in [7, 11) is 0. The van der Waals surface area contributed by atoms with E-state index in [0.717, 1.165) is 5.56 Å². The van der Waals surface area contributed by atoms with Crippen molar-refractivity contribution in [2.75, 3.05) is 12.3 Å². The standard InChI is InChI=1S/C17H17N3O2S2/c18-17(14-6-2-1-3-7-14)19(13-23)10-11-24-12-15-8-4-5-9-16(15)20(21)22/h1-9,13,18H,10-12H2. The number of nitro groups is 1. The van der Waals surface area contributed by atoms with E-state index in [1.807, 2.05) is 30.3 Å². The van der Waals surface area contributed by atoms with Gasteiger partial charge < -0.3 is 4.90 Å². The van der Waals surface area contributed by atoms with Gasteiger partial charge >= 0.3 is 0 Å². The van der Waals surface area contributed by atoms with E-state index in [0.29, 0.717) is 29.4 Å². The third kappa shape index (κ3) is 4.87. The van der Waals surface area contributed by atoms with Crippen LogP contribution in [0.2, 0.25) is 0 Å². The Labute approximate surface area is 150 Å². The number of hydrogen-bond acceptors (Lipinski definition) is 5. The number of amidine groups is 1. The van der Waals surface area contributed by atoms with E-state index >= 15 is 0 Å². The molecule has 0 unspecified atom stereocenters. The molecule has 0 aliphatic heterocycles. The second-order valence-corrected chi connectivity index (χ2v) is 6.27. The normalized spacial score (nSPS) is 10.2. The van der Waals surface area contributed by atoms with Gasteiger partial charge in [-0.3, -0.25) is 15.5 Å². The Balaban J connectivity index is 1.88. The first-order chi connectivity index (χ1) is 11.6. The van der Waals surface area contributed by atoms with Crippen molar-refractivity contribution in [2.24, 2.45) is 0 Å². The summed E-state index contributed by atoms with van der Waals surface area (Å²) in [6.45, 7) is 0.586. The Morgan fingerprint density at radius 2 is 1.88 bits per heavy atom. The maximum Gasteiger partial charge on any atom is 0.273 e. The smallest absolute Gasteiger partial charge is 0.273 e. The summed E-state index contributed by atoms with van der Waals surface area (Å²) in [6, 6.07) is 16.2. The lowest BCUT2D eigenvalue weighted by Gasteiger charge is -2.19. The molecule has 0 fully saturated rings. The predicted molar refractivity (Wildman–Crippen MR) is 103 cm³/mol. The third-order valence-electron chi connectivity index (χ3n) is 3.38. The summed E-state index contributed by atoms with van der Waals surface area (Å²) in [5.41, 5.74) is 3.14. The van der Waals surface area contributed by atoms with Crippen molar-refractivity contribution < 1.29 is 4.92 Å². The molecule has 0 aromatic heterocycles. The second kappa shape index (κ2) is 9.14. The Kier molecular flexibility index (Phi) is 6.89. The van der Waals surface area contributed by atoms with Gasteiger partial charge in [0.2, 0.25) is 0 Å². The molecule has 0 amide bonds. The minimum absolute atomic E-state index is 0.147. The summed E-state index contributed by atoms with van der Waals surface area (Å²) in [6.07, 6.45) is 0. The van der Waals surface area contributed by atoms with E-state index in [1.165, 1.54) is 11.6 Å². The van der Waals surface area contributed by atoms with Crippen LogP contribution in [0.5, 0.6) is 0 Å². The summed E-state index contributed by atoms with van der Waals surface area (Å²) in [4.78, 5) is 12.3. The van der Waals surface area contributed by atoms with Gasteiger partial charge in [-0.05, 0) is 0 Å². The van der Waals surface area contributed by atoms with Crippen LogP contribution in [0, 0.1) is 15.5 Å². The molecule has 0 aliphatic rings. The molecule has 24 heavy (non-hydrogen) atoms. The highest BCUT2D eigenvalue weighted by Gasteiger charge is 2.13. The van der Waals surface area contributed by atoms with Crippen molar-refractivity contribution in [1.29, 1.82) is 5.41 Å². The fraction of sp³-hybridized carbons (Fsp3) is 0.176. The maximum atomic E-state index is 11.0. The molecule has 0 heterocycles. The zero-order valence-electron chi connectivity index (χ0n) is 12.9. The lowest BCUT2D eigenvalue weighted by atomic mass is 10.2. The maximum absolute atomic E-state index is 11.0. The minimum Gasteiger partial charge on any atom is -0.323 e. The minimum atomic E-state index is -0.357. The molecule has 0 bridgehead atoms. The monoisotopic (exact) mass is 359 g/mol. The summed E-state index contributed by atoms with van der Waals surface area (Å²) in [5, 5.41) is 19.2. The average Bonchev–Trinajstić information content (AvgIpc) is 2.62. The number of thiocarbonyl (C=S) groups is 1. The van der Waals surface area contributed by atoms with E-state index in [2.05, 4.69) is 0 Å². The number of thioether (sulfide) groups is 1. The second-order valence-electron chi connectivity index (χ2n) is 4.95. The molecule has 7 heteroatoms. The molecule has 2 aromatic carbocycles. The molecule has 0 saturated heterocycles. The SMILES string of the molecule is N=C(c1ccccc1)N(C=S)CCSCc1ccccc1[N+](=O)[O-]. The first-order valence-corrected chi connectivity index (χ1v) is 8.92. The summed E-state index contributed by atoms with van der Waals surface area (Å²) < 4.78 is 0. The highest BCUT2D eigenvalue weighted by atomic mass is 32.2. The molecule has 0 radical (unpaired) electrons. The molecule has 5 nitrogen and oxygen atoms in total. The molecule has 2 rings (SSSR count). The largest absolute Gasteiger partial charge is 0.323 e. The molecule has 1 N–H and O–H groups in total.